The van der Waals surface area contributed by atoms with E-state index >= 15 is 0 Å². The minimum absolute atomic E-state index is 0.0429. The summed E-state index contributed by atoms with van der Waals surface area (Å²) in [4.78, 5) is 37.1. The first-order chi connectivity index (χ1) is 24.3. The van der Waals surface area contributed by atoms with Gasteiger partial charge in [-0.2, -0.15) is 0 Å². The van der Waals surface area contributed by atoms with E-state index in [1.54, 1.807) is 30.3 Å². The number of thioether (sulfide) groups is 1. The van der Waals surface area contributed by atoms with Gasteiger partial charge in [0, 0.05) is 42.0 Å². The number of nitrogen functional groups attached to an aromatic ring is 1. The summed E-state index contributed by atoms with van der Waals surface area (Å²) >= 11 is 1.45. The van der Waals surface area contributed by atoms with Crippen LogP contribution in [-0.2, 0) is 32.2 Å². The number of anilines is 2. The van der Waals surface area contributed by atoms with Crippen LogP contribution in [0, 0.1) is 0 Å². The maximum absolute atomic E-state index is 12.5. The van der Waals surface area contributed by atoms with Gasteiger partial charge < -0.3 is 36.1 Å². The number of amides is 2. The highest BCUT2D eigenvalue weighted by molar-refractivity contribution is 7.99. The number of benzene rings is 4. The van der Waals surface area contributed by atoms with Crippen molar-refractivity contribution >= 4 is 40.9 Å². The Morgan fingerprint density at radius 1 is 0.780 bits per heavy atom. The summed E-state index contributed by atoms with van der Waals surface area (Å²) in [5, 5.41) is 24.9. The average Bonchev–Trinajstić information content (AvgIpc) is 3.14. The number of aliphatic hydroxyl groups excluding tert-OH is 1. The Hall–Kier alpha value is -4.68. The van der Waals surface area contributed by atoms with Crippen molar-refractivity contribution in [3.05, 3.63) is 125 Å². The molecule has 10 nitrogen and oxygen atoms in total. The zero-order chi connectivity index (χ0) is 35.3. The van der Waals surface area contributed by atoms with E-state index in [4.69, 9.17) is 15.2 Å². The highest BCUT2D eigenvalue weighted by atomic mass is 32.2. The van der Waals surface area contributed by atoms with Crippen LogP contribution in [0.5, 0.6) is 0 Å². The number of hydrogen-bond donors (Lipinski definition) is 5. The Morgan fingerprint density at radius 2 is 1.44 bits per heavy atom. The average molecular weight is 698 g/mol. The van der Waals surface area contributed by atoms with E-state index in [1.165, 1.54) is 11.8 Å². The van der Waals surface area contributed by atoms with Crippen LogP contribution in [0.15, 0.2) is 102 Å². The molecule has 0 radical (unpaired) electrons. The minimum Gasteiger partial charge on any atom is -0.478 e. The van der Waals surface area contributed by atoms with Crippen LogP contribution >= 0.6 is 11.8 Å². The summed E-state index contributed by atoms with van der Waals surface area (Å²) in [6.07, 6.45) is 2.32. The van der Waals surface area contributed by atoms with E-state index < -0.39 is 12.3 Å². The molecular weight excluding hydrogens is 655 g/mol. The fraction of sp³-hybridized carbons (Fsp3) is 0.308. The number of carboxylic acids is 1. The number of ether oxygens (including phenoxy) is 2. The summed E-state index contributed by atoms with van der Waals surface area (Å²) in [6.45, 7) is 0.341. The number of aliphatic hydroxyl groups is 1. The predicted molar refractivity (Wildman–Crippen MR) is 193 cm³/mol. The maximum Gasteiger partial charge on any atom is 0.336 e. The van der Waals surface area contributed by atoms with Crippen molar-refractivity contribution in [1.29, 1.82) is 0 Å². The molecule has 5 rings (SSSR count). The zero-order valence-electron chi connectivity index (χ0n) is 27.8. The smallest absolute Gasteiger partial charge is 0.336 e. The normalized spacial score (nSPS) is 17.2. The van der Waals surface area contributed by atoms with Crippen LogP contribution in [0.25, 0.3) is 0 Å². The molecule has 0 spiro atoms. The lowest BCUT2D eigenvalue weighted by atomic mass is 10.0. The van der Waals surface area contributed by atoms with Crippen LogP contribution in [0.3, 0.4) is 0 Å². The van der Waals surface area contributed by atoms with Gasteiger partial charge in [-0.15, -0.1) is 11.8 Å². The summed E-state index contributed by atoms with van der Waals surface area (Å²) in [6, 6.07) is 29.5. The number of carbonyl (C=O) groups is 3. The number of hydrogen-bond acceptors (Lipinski definition) is 8. The van der Waals surface area contributed by atoms with Crippen molar-refractivity contribution in [2.24, 2.45) is 0 Å². The highest BCUT2D eigenvalue weighted by Gasteiger charge is 2.32. The molecule has 0 aromatic heterocycles. The van der Waals surface area contributed by atoms with Crippen molar-refractivity contribution in [3.8, 4) is 0 Å². The lowest BCUT2D eigenvalue weighted by Crippen LogP contribution is -2.31. The standard InChI is InChI=1S/C39H43N3O7S/c40-32-9-5-6-10-33(32)42-37(45)13-3-1-2-12-36(44)41-23-26-14-20-29(21-15-26)39-48-30(25-50-35-11-7-4-8-31(35)38(46)47)22-34(49-39)28-18-16-27(24-43)17-19-28/h4-11,14-21,30,34,39,43H,1-3,12-13,22-25,40H2,(H,41,44)(H,42,45)(H,46,47)/t30-,34+,39+/m1/s1. The number of nitrogens with one attached hydrogen (secondary N) is 2. The summed E-state index contributed by atoms with van der Waals surface area (Å²) in [5.74, 6) is -0.572. The molecule has 0 bridgehead atoms. The van der Waals surface area contributed by atoms with E-state index in [0.29, 0.717) is 60.7 Å². The largest absolute Gasteiger partial charge is 0.478 e. The van der Waals surface area contributed by atoms with Gasteiger partial charge >= 0.3 is 5.97 Å². The van der Waals surface area contributed by atoms with Crippen molar-refractivity contribution in [2.45, 2.75) is 75.1 Å². The molecular formula is C39H43N3O7S. The van der Waals surface area contributed by atoms with Gasteiger partial charge in [-0.05, 0) is 53.8 Å². The van der Waals surface area contributed by atoms with Gasteiger partial charge in [-0.3, -0.25) is 9.59 Å². The van der Waals surface area contributed by atoms with E-state index in [9.17, 15) is 24.6 Å². The first-order valence-corrected chi connectivity index (χ1v) is 17.7. The Kier molecular flexibility index (Phi) is 13.4. The third kappa shape index (κ3) is 10.7. The SMILES string of the molecule is Nc1ccccc1NC(=O)CCCCCC(=O)NCc1ccc([C@H]2O[C@@H](CSc3ccccc3C(=O)O)C[C@@H](c3ccc(CO)cc3)O2)cc1. The van der Waals surface area contributed by atoms with Gasteiger partial charge in [-0.25, -0.2) is 4.79 Å². The van der Waals surface area contributed by atoms with E-state index in [2.05, 4.69) is 10.6 Å². The second-order valence-electron chi connectivity index (χ2n) is 12.2. The number of para-hydroxylation sites is 2. The quantitative estimate of drug-likeness (QED) is 0.0472. The van der Waals surface area contributed by atoms with Gasteiger partial charge in [0.25, 0.3) is 0 Å². The summed E-state index contributed by atoms with van der Waals surface area (Å²) in [7, 11) is 0. The number of carbonyl (C=O) groups excluding carboxylic acids is 2. The number of nitrogens with two attached hydrogens (primary N) is 1. The van der Waals surface area contributed by atoms with Crippen LogP contribution in [0.2, 0.25) is 0 Å². The van der Waals surface area contributed by atoms with E-state index in [0.717, 1.165) is 28.7 Å². The molecule has 50 heavy (non-hydrogen) atoms. The molecule has 262 valence electrons. The molecule has 1 aliphatic rings. The minimum atomic E-state index is -0.968. The van der Waals surface area contributed by atoms with Gasteiger partial charge in [0.05, 0.1) is 35.8 Å². The number of carboxylic acid groups (broad SMARTS) is 1. The Labute approximate surface area is 296 Å². The van der Waals surface area contributed by atoms with Crippen molar-refractivity contribution in [2.75, 3.05) is 16.8 Å². The Balaban J connectivity index is 1.11. The first kappa shape index (κ1) is 36.6. The second-order valence-corrected chi connectivity index (χ2v) is 13.2. The third-order valence-corrected chi connectivity index (χ3v) is 9.65. The molecule has 2 amide bonds. The lowest BCUT2D eigenvalue weighted by molar-refractivity contribution is -0.245. The molecule has 3 atom stereocenters. The summed E-state index contributed by atoms with van der Waals surface area (Å²) in [5.41, 5.74) is 10.8. The van der Waals surface area contributed by atoms with Crippen LogP contribution < -0.4 is 16.4 Å². The molecule has 1 saturated heterocycles. The maximum atomic E-state index is 12.5. The number of aromatic carboxylic acids is 1. The Morgan fingerprint density at radius 3 is 2.16 bits per heavy atom. The van der Waals surface area contributed by atoms with Crippen molar-refractivity contribution in [3.63, 3.8) is 0 Å². The van der Waals surface area contributed by atoms with Gasteiger partial charge in [0.15, 0.2) is 6.29 Å². The molecule has 1 heterocycles. The van der Waals surface area contributed by atoms with E-state index in [-0.39, 0.29) is 36.2 Å². The molecule has 0 aliphatic carbocycles. The van der Waals surface area contributed by atoms with Crippen LogP contribution in [0.1, 0.15) is 83.5 Å². The van der Waals surface area contributed by atoms with Crippen LogP contribution in [0.4, 0.5) is 11.4 Å². The molecule has 11 heteroatoms. The predicted octanol–water partition coefficient (Wildman–Crippen LogP) is 7.00. The fourth-order valence-corrected chi connectivity index (χ4v) is 6.69. The monoisotopic (exact) mass is 697 g/mol. The molecule has 6 N–H and O–H groups in total. The second kappa shape index (κ2) is 18.4. The van der Waals surface area contributed by atoms with Crippen molar-refractivity contribution in [1.82, 2.24) is 5.32 Å². The van der Waals surface area contributed by atoms with E-state index in [1.807, 2.05) is 66.7 Å². The molecule has 1 fully saturated rings. The number of unbranched alkanes of at least 4 members (excludes halogenated alkanes) is 2. The molecule has 4 aromatic rings. The third-order valence-electron chi connectivity index (χ3n) is 8.44. The number of rotatable bonds is 16. The molecule has 0 unspecified atom stereocenters. The fourth-order valence-electron chi connectivity index (χ4n) is 5.63. The highest BCUT2D eigenvalue weighted by Crippen LogP contribution is 2.40. The van der Waals surface area contributed by atoms with Crippen LogP contribution in [-0.4, -0.2) is 39.9 Å². The molecule has 4 aromatic carbocycles. The van der Waals surface area contributed by atoms with Gasteiger partial charge in [-0.1, -0.05) is 79.2 Å². The topological polar surface area (TPSA) is 160 Å². The first-order valence-electron chi connectivity index (χ1n) is 16.7. The summed E-state index contributed by atoms with van der Waals surface area (Å²) < 4.78 is 12.9. The Bertz CT molecular complexity index is 1730. The lowest BCUT2D eigenvalue weighted by Gasteiger charge is -2.36. The van der Waals surface area contributed by atoms with Gasteiger partial charge in [0.1, 0.15) is 0 Å². The molecule has 1 aliphatic heterocycles. The van der Waals surface area contributed by atoms with Crippen molar-refractivity contribution < 1.29 is 34.1 Å². The van der Waals surface area contributed by atoms with Gasteiger partial charge in [0.2, 0.25) is 11.8 Å². The molecule has 0 saturated carbocycles. The zero-order valence-corrected chi connectivity index (χ0v) is 28.6.